The summed E-state index contributed by atoms with van der Waals surface area (Å²) in [4.78, 5) is 10.9. The van der Waals surface area contributed by atoms with Gasteiger partial charge in [-0.15, -0.1) is 0 Å². The van der Waals surface area contributed by atoms with Gasteiger partial charge in [-0.3, -0.25) is 0 Å². The van der Waals surface area contributed by atoms with Crippen LogP contribution in [0.25, 0.3) is 0 Å². The van der Waals surface area contributed by atoms with Crippen LogP contribution in [0.15, 0.2) is 0 Å². The second-order valence-electron chi connectivity index (χ2n) is 2.55. The van der Waals surface area contributed by atoms with E-state index in [4.69, 9.17) is 0 Å². The van der Waals surface area contributed by atoms with Crippen LogP contribution < -0.4 is 10.6 Å². The van der Waals surface area contributed by atoms with Crippen LogP contribution in [0.2, 0.25) is 0 Å². The van der Waals surface area contributed by atoms with Crippen LogP contribution >= 0.6 is 11.8 Å². The van der Waals surface area contributed by atoms with Crippen LogP contribution in [0.3, 0.4) is 0 Å². The summed E-state index contributed by atoms with van der Waals surface area (Å²) in [6.45, 7) is 4.61. The lowest BCUT2D eigenvalue weighted by molar-refractivity contribution is 0.239. The van der Waals surface area contributed by atoms with Gasteiger partial charge in [0.05, 0.1) is 0 Å². The van der Waals surface area contributed by atoms with Crippen molar-refractivity contribution in [3.63, 3.8) is 0 Å². The van der Waals surface area contributed by atoms with Gasteiger partial charge in [0.25, 0.3) is 0 Å². The molecule has 0 aromatic heterocycles. The van der Waals surface area contributed by atoms with E-state index in [1.54, 1.807) is 11.8 Å². The summed E-state index contributed by atoms with van der Waals surface area (Å²) in [5.74, 6) is 0.964. The van der Waals surface area contributed by atoms with E-state index in [1.807, 2.05) is 20.1 Å². The zero-order valence-electron chi connectivity index (χ0n) is 7.31. The standard InChI is InChI=1S/C7H16N2OS/c1-6(2)9-7(10)8-4-5-11-3/h6H,4-5H2,1-3H3,(H2,8,9,10). The fourth-order valence-corrected chi connectivity index (χ4v) is 0.886. The largest absolute Gasteiger partial charge is 0.337 e. The van der Waals surface area contributed by atoms with Crippen LogP contribution in [0, 0.1) is 0 Å². The first-order valence-electron chi connectivity index (χ1n) is 3.70. The Bertz CT molecular complexity index is 117. The van der Waals surface area contributed by atoms with Gasteiger partial charge < -0.3 is 10.6 Å². The van der Waals surface area contributed by atoms with Gasteiger partial charge >= 0.3 is 6.03 Å². The molecule has 0 atom stereocenters. The summed E-state index contributed by atoms with van der Waals surface area (Å²) < 4.78 is 0. The fourth-order valence-electron chi connectivity index (χ4n) is 0.580. The van der Waals surface area contributed by atoms with Crippen LogP contribution in [0.5, 0.6) is 0 Å². The monoisotopic (exact) mass is 176 g/mol. The van der Waals surface area contributed by atoms with Crippen molar-refractivity contribution in [2.45, 2.75) is 19.9 Å². The summed E-state index contributed by atoms with van der Waals surface area (Å²) >= 11 is 1.72. The topological polar surface area (TPSA) is 41.1 Å². The van der Waals surface area contributed by atoms with E-state index in [-0.39, 0.29) is 12.1 Å². The van der Waals surface area contributed by atoms with E-state index in [1.165, 1.54) is 0 Å². The van der Waals surface area contributed by atoms with Crippen LogP contribution in [0.1, 0.15) is 13.8 Å². The molecule has 0 saturated carbocycles. The molecular formula is C7H16N2OS. The molecule has 0 unspecified atom stereocenters. The predicted octanol–water partition coefficient (Wildman–Crippen LogP) is 1.06. The Hall–Kier alpha value is -0.380. The molecule has 3 nitrogen and oxygen atoms in total. The first kappa shape index (κ1) is 10.6. The minimum atomic E-state index is -0.0750. The lowest BCUT2D eigenvalue weighted by atomic mass is 10.4. The van der Waals surface area contributed by atoms with Gasteiger partial charge in [-0.25, -0.2) is 4.79 Å². The molecule has 0 aromatic rings. The van der Waals surface area contributed by atoms with Gasteiger partial charge in [0.2, 0.25) is 0 Å². The number of nitrogens with one attached hydrogen (secondary N) is 2. The lowest BCUT2D eigenvalue weighted by Crippen LogP contribution is -2.40. The number of thioether (sulfide) groups is 1. The van der Waals surface area contributed by atoms with Crippen molar-refractivity contribution in [2.24, 2.45) is 0 Å². The second kappa shape index (κ2) is 6.34. The van der Waals surface area contributed by atoms with E-state index >= 15 is 0 Å². The van der Waals surface area contributed by atoms with E-state index < -0.39 is 0 Å². The maximum absolute atomic E-state index is 10.9. The summed E-state index contributed by atoms with van der Waals surface area (Å²) in [5, 5.41) is 5.49. The Balaban J connectivity index is 3.23. The minimum absolute atomic E-state index is 0.0750. The highest BCUT2D eigenvalue weighted by Gasteiger charge is 1.99. The molecule has 0 aliphatic rings. The van der Waals surface area contributed by atoms with Crippen molar-refractivity contribution in [2.75, 3.05) is 18.6 Å². The van der Waals surface area contributed by atoms with Gasteiger partial charge in [0.1, 0.15) is 0 Å². The molecule has 0 aliphatic heterocycles. The summed E-state index contributed by atoms with van der Waals surface area (Å²) in [5.41, 5.74) is 0. The van der Waals surface area contributed by atoms with Crippen LogP contribution in [-0.4, -0.2) is 30.6 Å². The fraction of sp³-hybridized carbons (Fsp3) is 0.857. The molecule has 0 radical (unpaired) electrons. The van der Waals surface area contributed by atoms with E-state index in [0.29, 0.717) is 0 Å². The van der Waals surface area contributed by atoms with Crippen LogP contribution in [-0.2, 0) is 0 Å². The molecule has 0 saturated heterocycles. The molecule has 66 valence electrons. The first-order chi connectivity index (χ1) is 5.16. The van der Waals surface area contributed by atoms with Crippen molar-refractivity contribution >= 4 is 17.8 Å². The zero-order valence-corrected chi connectivity index (χ0v) is 8.12. The second-order valence-corrected chi connectivity index (χ2v) is 3.53. The Labute approximate surface area is 72.3 Å². The van der Waals surface area contributed by atoms with Crippen molar-refractivity contribution < 1.29 is 4.79 Å². The summed E-state index contributed by atoms with van der Waals surface area (Å²) in [6, 6.07) is 0.137. The SMILES string of the molecule is CSCCNC(=O)NC(C)C. The van der Waals surface area contributed by atoms with Gasteiger partial charge in [-0.1, -0.05) is 0 Å². The summed E-state index contributed by atoms with van der Waals surface area (Å²) in [6.07, 6.45) is 2.02. The highest BCUT2D eigenvalue weighted by Crippen LogP contribution is 1.86. The molecule has 0 rings (SSSR count). The number of amides is 2. The van der Waals surface area contributed by atoms with E-state index in [9.17, 15) is 4.79 Å². The average molecular weight is 176 g/mol. The van der Waals surface area contributed by atoms with E-state index in [0.717, 1.165) is 12.3 Å². The molecule has 0 aromatic carbocycles. The highest BCUT2D eigenvalue weighted by atomic mass is 32.2. The molecule has 0 spiro atoms. The third-order valence-corrected chi connectivity index (χ3v) is 1.62. The normalized spacial score (nSPS) is 9.82. The van der Waals surface area contributed by atoms with Gasteiger partial charge in [0.15, 0.2) is 0 Å². The van der Waals surface area contributed by atoms with Crippen molar-refractivity contribution in [1.82, 2.24) is 10.6 Å². The number of rotatable bonds is 4. The van der Waals surface area contributed by atoms with Crippen LogP contribution in [0.4, 0.5) is 4.79 Å². The number of urea groups is 1. The maximum atomic E-state index is 10.9. The van der Waals surface area contributed by atoms with E-state index in [2.05, 4.69) is 10.6 Å². The van der Waals surface area contributed by atoms with Crippen molar-refractivity contribution in [1.29, 1.82) is 0 Å². The van der Waals surface area contributed by atoms with Crippen molar-refractivity contribution in [3.05, 3.63) is 0 Å². The zero-order chi connectivity index (χ0) is 8.69. The number of carbonyl (C=O) groups is 1. The Morgan fingerprint density at radius 1 is 1.55 bits per heavy atom. The van der Waals surface area contributed by atoms with Gasteiger partial charge in [-0.2, -0.15) is 11.8 Å². The molecule has 2 N–H and O–H groups in total. The molecule has 0 aliphatic carbocycles. The molecular weight excluding hydrogens is 160 g/mol. The number of hydrogen-bond acceptors (Lipinski definition) is 2. The van der Waals surface area contributed by atoms with Gasteiger partial charge in [-0.05, 0) is 20.1 Å². The molecule has 0 bridgehead atoms. The molecule has 2 amide bonds. The Kier molecular flexibility index (Phi) is 6.12. The number of carbonyl (C=O) groups excluding carboxylic acids is 1. The molecule has 0 heterocycles. The molecule has 4 heteroatoms. The maximum Gasteiger partial charge on any atom is 0.315 e. The third-order valence-electron chi connectivity index (χ3n) is 1.01. The summed E-state index contributed by atoms with van der Waals surface area (Å²) in [7, 11) is 0. The lowest BCUT2D eigenvalue weighted by Gasteiger charge is -2.08. The molecule has 11 heavy (non-hydrogen) atoms. The smallest absolute Gasteiger partial charge is 0.315 e. The highest BCUT2D eigenvalue weighted by molar-refractivity contribution is 7.98. The Morgan fingerprint density at radius 3 is 2.64 bits per heavy atom. The molecule has 0 fully saturated rings. The van der Waals surface area contributed by atoms with Crippen molar-refractivity contribution in [3.8, 4) is 0 Å². The quantitative estimate of drug-likeness (QED) is 0.629. The first-order valence-corrected chi connectivity index (χ1v) is 5.09. The average Bonchev–Trinajstić information content (AvgIpc) is 1.86. The minimum Gasteiger partial charge on any atom is -0.337 e. The predicted molar refractivity (Wildman–Crippen MR) is 50.1 cm³/mol. The third kappa shape index (κ3) is 7.52. The Morgan fingerprint density at radius 2 is 2.18 bits per heavy atom. The number of hydrogen-bond donors (Lipinski definition) is 2. The van der Waals surface area contributed by atoms with Gasteiger partial charge in [0, 0.05) is 18.3 Å².